The number of carbonyl (C=O) groups is 1. The molecule has 0 fully saturated rings. The Hall–Kier alpha value is -3.91. The number of nitrogens with one attached hydrogen (secondary N) is 1. The van der Waals surface area contributed by atoms with E-state index in [1.54, 1.807) is 24.3 Å². The summed E-state index contributed by atoms with van der Waals surface area (Å²) < 4.78 is 42.1. The van der Waals surface area contributed by atoms with Crippen molar-refractivity contribution in [3.8, 4) is 0 Å². The van der Waals surface area contributed by atoms with E-state index in [0.29, 0.717) is 27.6 Å². The van der Waals surface area contributed by atoms with Crippen LogP contribution in [-0.2, 0) is 4.79 Å². The van der Waals surface area contributed by atoms with Gasteiger partial charge in [0.15, 0.2) is 0 Å². The molecule has 4 nitrogen and oxygen atoms in total. The Bertz CT molecular complexity index is 1660. The molecule has 0 bridgehead atoms. The summed E-state index contributed by atoms with van der Waals surface area (Å²) in [5.74, 6) is -1.66. The molecule has 4 rings (SSSR count). The number of amidine groups is 1. The molecule has 8 heteroatoms. The van der Waals surface area contributed by atoms with Gasteiger partial charge in [0.2, 0.25) is 0 Å². The van der Waals surface area contributed by atoms with E-state index in [4.69, 9.17) is 0 Å². The fourth-order valence-electron chi connectivity index (χ4n) is 5.74. The van der Waals surface area contributed by atoms with Crippen LogP contribution in [-0.4, -0.2) is 24.3 Å². The zero-order valence-electron chi connectivity index (χ0n) is 28.9. The molecule has 0 amide bonds. The summed E-state index contributed by atoms with van der Waals surface area (Å²) in [6.45, 7) is 15.5. The first-order valence-corrected chi connectivity index (χ1v) is 17.2. The number of hydrogen-bond donors (Lipinski definition) is 1. The van der Waals surface area contributed by atoms with Crippen molar-refractivity contribution in [2.45, 2.75) is 85.2 Å². The zero-order valence-corrected chi connectivity index (χ0v) is 30.5. The Labute approximate surface area is 291 Å². The lowest BCUT2D eigenvalue weighted by atomic mass is 9.89. The summed E-state index contributed by atoms with van der Waals surface area (Å²) in [5.41, 5.74) is 7.50. The third-order valence-corrected chi connectivity index (χ3v) is 9.04. The van der Waals surface area contributed by atoms with Crippen molar-refractivity contribution >= 4 is 50.3 Å². The van der Waals surface area contributed by atoms with E-state index in [1.165, 1.54) is 16.0 Å². The van der Waals surface area contributed by atoms with Crippen molar-refractivity contribution in [3.05, 3.63) is 117 Å². The second-order valence-electron chi connectivity index (χ2n) is 13.5. The van der Waals surface area contributed by atoms with Gasteiger partial charge in [0.1, 0.15) is 5.84 Å². The lowest BCUT2D eigenvalue weighted by Crippen LogP contribution is -2.42. The Morgan fingerprint density at radius 1 is 0.688 bits per heavy atom. The quantitative estimate of drug-likeness (QED) is 0.124. The van der Waals surface area contributed by atoms with E-state index in [2.05, 4.69) is 97.1 Å². The van der Waals surface area contributed by atoms with Crippen LogP contribution >= 0.6 is 15.9 Å². The summed E-state index contributed by atoms with van der Waals surface area (Å²) in [6, 6.07) is 27.7. The van der Waals surface area contributed by atoms with Gasteiger partial charge in [0, 0.05) is 32.8 Å². The van der Waals surface area contributed by atoms with Crippen LogP contribution in [0, 0.1) is 5.41 Å². The van der Waals surface area contributed by atoms with Crippen LogP contribution in [0.1, 0.15) is 107 Å². The zero-order chi connectivity index (χ0) is 35.5. The summed E-state index contributed by atoms with van der Waals surface area (Å²) >= 11 is 3.42. The molecule has 0 aromatic heterocycles. The van der Waals surface area contributed by atoms with E-state index < -0.39 is 18.5 Å². The normalized spacial score (nSPS) is 11.9. The van der Waals surface area contributed by atoms with Gasteiger partial charge in [-0.1, -0.05) is 108 Å². The average Bonchev–Trinajstić information content (AvgIpc) is 3.03. The Morgan fingerprint density at radius 3 is 1.52 bits per heavy atom. The van der Waals surface area contributed by atoms with Crippen LogP contribution in [0.15, 0.2) is 89.4 Å². The van der Waals surface area contributed by atoms with Gasteiger partial charge in [0.25, 0.3) is 5.78 Å². The smallest absolute Gasteiger partial charge is 0.318 e. The molecule has 0 atom stereocenters. The van der Waals surface area contributed by atoms with Gasteiger partial charge in [-0.15, -0.1) is 0 Å². The number of hydrogen-bond acceptors (Lipinski definition) is 3. The molecule has 0 aliphatic rings. The van der Waals surface area contributed by atoms with Crippen molar-refractivity contribution in [1.82, 2.24) is 0 Å². The minimum absolute atomic E-state index is 0.148. The first kappa shape index (κ1) is 36.9. The number of benzene rings is 4. The van der Waals surface area contributed by atoms with Gasteiger partial charge >= 0.3 is 6.18 Å². The summed E-state index contributed by atoms with van der Waals surface area (Å²) in [7, 11) is 0. The molecule has 0 aliphatic heterocycles. The fourth-order valence-corrected chi connectivity index (χ4v) is 6.14. The van der Waals surface area contributed by atoms with Crippen molar-refractivity contribution in [2.75, 3.05) is 16.3 Å². The van der Waals surface area contributed by atoms with Crippen LogP contribution < -0.4 is 9.80 Å². The molecule has 0 unspecified atom stereocenters. The van der Waals surface area contributed by atoms with Gasteiger partial charge < -0.3 is 9.80 Å². The van der Waals surface area contributed by atoms with Crippen molar-refractivity contribution in [2.24, 2.45) is 0 Å². The third-order valence-electron chi connectivity index (χ3n) is 8.55. The predicted octanol–water partition coefficient (Wildman–Crippen LogP) is 12.4. The van der Waals surface area contributed by atoms with E-state index in [1.807, 2.05) is 39.8 Å². The number of nitrogens with zero attached hydrogens (tertiary/aromatic N) is 2. The highest BCUT2D eigenvalue weighted by Crippen LogP contribution is 2.44. The molecule has 0 heterocycles. The van der Waals surface area contributed by atoms with Gasteiger partial charge in [-0.3, -0.25) is 10.2 Å². The van der Waals surface area contributed by atoms with Gasteiger partial charge in [0.05, 0.1) is 6.54 Å². The largest absolute Gasteiger partial charge is 0.451 e. The molecule has 0 saturated carbocycles. The molecule has 0 saturated heterocycles. The van der Waals surface area contributed by atoms with Crippen LogP contribution in [0.5, 0.6) is 0 Å². The second kappa shape index (κ2) is 15.1. The van der Waals surface area contributed by atoms with E-state index in [0.717, 1.165) is 28.2 Å². The lowest BCUT2D eigenvalue weighted by Gasteiger charge is -2.34. The second-order valence-corrected chi connectivity index (χ2v) is 14.4. The first-order chi connectivity index (χ1) is 22.5. The lowest BCUT2D eigenvalue weighted by molar-refractivity contribution is -0.169. The Kier molecular flexibility index (Phi) is 11.6. The predicted molar refractivity (Wildman–Crippen MR) is 197 cm³/mol. The van der Waals surface area contributed by atoms with E-state index in [9.17, 15) is 23.4 Å². The molecule has 254 valence electrons. The highest BCUT2D eigenvalue weighted by atomic mass is 79.9. The third kappa shape index (κ3) is 8.38. The van der Waals surface area contributed by atoms with Gasteiger partial charge in [-0.25, -0.2) is 0 Å². The monoisotopic (exact) mass is 719 g/mol. The Morgan fingerprint density at radius 2 is 1.15 bits per heavy atom. The molecule has 0 spiro atoms. The van der Waals surface area contributed by atoms with E-state index >= 15 is 0 Å². The number of carbonyl (C=O) groups excluding carboxylic acids is 1. The molecule has 4 aromatic rings. The van der Waals surface area contributed by atoms with Gasteiger partial charge in [-0.05, 0) is 94.5 Å². The minimum Gasteiger partial charge on any atom is -0.318 e. The SMILES string of the molecule is CC(C)c1ccc(N(c2ccc(C(C)C)cc2)c2cc(C(C)C)c(N(CC(=O)C(F)(F)F)C(=N)c3cccc(Br)c3)c(C(C)C)c2)cc1. The standard InChI is InChI=1S/C40H45BrF3N3O/c1-24(2)28-12-16-32(17-13-28)47(33-18-14-29(15-19-33)25(3)4)34-21-35(26(5)6)38(36(22-34)27(7)8)46(23-37(48)40(42,43)44)39(45)30-10-9-11-31(41)20-30/h9-22,24-27,45H,23H2,1-8H3. The maximum Gasteiger partial charge on any atom is 0.451 e. The highest BCUT2D eigenvalue weighted by molar-refractivity contribution is 9.10. The maximum atomic E-state index is 13.8. The number of alkyl halides is 3. The number of ketones is 1. The molecular weight excluding hydrogens is 675 g/mol. The van der Waals surface area contributed by atoms with Crippen molar-refractivity contribution in [1.29, 1.82) is 5.41 Å². The number of anilines is 4. The van der Waals surface area contributed by atoms with Crippen LogP contribution in [0.3, 0.4) is 0 Å². The van der Waals surface area contributed by atoms with E-state index in [-0.39, 0.29) is 17.7 Å². The number of halogens is 4. The molecule has 4 aromatic carbocycles. The molecule has 1 N–H and O–H groups in total. The van der Waals surface area contributed by atoms with Crippen LogP contribution in [0.25, 0.3) is 0 Å². The fraction of sp³-hybridized carbons (Fsp3) is 0.350. The van der Waals surface area contributed by atoms with Gasteiger partial charge in [-0.2, -0.15) is 13.2 Å². The summed E-state index contributed by atoms with van der Waals surface area (Å²) in [4.78, 5) is 16.0. The Balaban J connectivity index is 2.01. The van der Waals surface area contributed by atoms with Crippen LogP contribution in [0.2, 0.25) is 0 Å². The topological polar surface area (TPSA) is 47.4 Å². The molecule has 0 aliphatic carbocycles. The summed E-state index contributed by atoms with van der Waals surface area (Å²) in [5, 5.41) is 9.19. The summed E-state index contributed by atoms with van der Waals surface area (Å²) in [6.07, 6.45) is -5.05. The van der Waals surface area contributed by atoms with Crippen molar-refractivity contribution in [3.63, 3.8) is 0 Å². The molecular formula is C40H45BrF3N3O. The van der Waals surface area contributed by atoms with Crippen molar-refractivity contribution < 1.29 is 18.0 Å². The minimum atomic E-state index is -5.05. The average molecular weight is 721 g/mol. The first-order valence-electron chi connectivity index (χ1n) is 16.4. The number of rotatable bonds is 11. The highest BCUT2D eigenvalue weighted by Gasteiger charge is 2.41. The molecule has 0 radical (unpaired) electrons. The number of Topliss-reactive ketones (excluding diaryl/α,β-unsaturated/α-hetero) is 1. The van der Waals surface area contributed by atoms with Crippen LogP contribution in [0.4, 0.5) is 35.9 Å². The maximum absolute atomic E-state index is 13.8. The molecule has 48 heavy (non-hydrogen) atoms.